The van der Waals surface area contributed by atoms with Crippen molar-refractivity contribution in [2.24, 2.45) is 0 Å². The van der Waals surface area contributed by atoms with Crippen molar-refractivity contribution in [2.75, 3.05) is 165 Å². The molecule has 2 aromatic carbocycles. The summed E-state index contributed by atoms with van der Waals surface area (Å²) in [5.41, 5.74) is 2.34. The van der Waals surface area contributed by atoms with E-state index >= 15 is 0 Å². The van der Waals surface area contributed by atoms with Gasteiger partial charge in [-0.15, -0.1) is 0 Å². The number of rotatable bonds is 42. The normalized spacial score (nSPS) is 15.0. The Balaban J connectivity index is 0.983. The van der Waals surface area contributed by atoms with Crippen LogP contribution in [0.25, 0.3) is 0 Å². The average molecular weight is 870 g/mol. The molecule has 0 saturated carbocycles. The van der Waals surface area contributed by atoms with Gasteiger partial charge < -0.3 is 71.8 Å². The third kappa shape index (κ3) is 25.5. The summed E-state index contributed by atoms with van der Waals surface area (Å²) in [5.74, 6) is -1.29. The van der Waals surface area contributed by atoms with Crippen LogP contribution in [0.5, 0.6) is 0 Å². The number of fused-ring (bicyclic) bond motifs is 1. The van der Waals surface area contributed by atoms with Gasteiger partial charge in [-0.25, -0.2) is 4.79 Å². The summed E-state index contributed by atoms with van der Waals surface area (Å²) in [5, 5.41) is 19.5. The van der Waals surface area contributed by atoms with Crippen molar-refractivity contribution in [3.05, 3.63) is 71.3 Å². The van der Waals surface area contributed by atoms with Crippen molar-refractivity contribution in [3.8, 4) is 0 Å². The second kappa shape index (κ2) is 36.3. The predicted octanol–water partition coefficient (Wildman–Crippen LogP) is 2.45. The van der Waals surface area contributed by atoms with Gasteiger partial charge in [-0.2, -0.15) is 0 Å². The summed E-state index contributed by atoms with van der Waals surface area (Å²) in [6.45, 7) is 10.8. The Labute approximate surface area is 359 Å². The maximum absolute atomic E-state index is 13.2. The number of aliphatic carboxylic acids is 1. The van der Waals surface area contributed by atoms with Gasteiger partial charge in [0, 0.05) is 12.1 Å². The van der Waals surface area contributed by atoms with Crippen LogP contribution in [0.3, 0.4) is 0 Å². The lowest BCUT2D eigenvalue weighted by atomic mass is 10.0. The molecule has 0 aliphatic carbocycles. The molecule has 2 N–H and O–H groups in total. The monoisotopic (exact) mass is 869 g/mol. The minimum Gasteiger partial charge on any atom is -0.481 e. The second-order valence-electron chi connectivity index (χ2n) is 13.2. The molecule has 0 aromatic heterocycles. The number of aliphatic hydroxyl groups excluding tert-OH is 1. The fraction of sp³-hybridized carbons (Fsp3) is 0.674. The molecule has 1 heterocycles. The third-order valence-electron chi connectivity index (χ3n) is 8.71. The Bertz CT molecular complexity index is 1360. The Morgan fingerprint density at radius 1 is 0.443 bits per heavy atom. The van der Waals surface area contributed by atoms with Crippen molar-refractivity contribution in [1.82, 2.24) is 4.90 Å². The summed E-state index contributed by atoms with van der Waals surface area (Å²) in [4.78, 5) is 25.2. The maximum atomic E-state index is 13.2. The smallest absolute Gasteiger partial charge is 0.328 e. The van der Waals surface area contributed by atoms with E-state index < -0.39 is 24.2 Å². The molecule has 0 amide bonds. The number of carboxylic acids is 1. The first kappa shape index (κ1) is 52.2. The number of hydrogen-bond donors (Lipinski definition) is 2. The lowest BCUT2D eigenvalue weighted by Gasteiger charge is -2.26. The molecule has 3 rings (SSSR count). The molecule has 0 saturated heterocycles. The highest BCUT2D eigenvalue weighted by Crippen LogP contribution is 2.41. The van der Waals surface area contributed by atoms with E-state index in [0.717, 1.165) is 11.1 Å². The van der Waals surface area contributed by atoms with E-state index in [1.54, 1.807) is 4.90 Å². The fourth-order valence-corrected chi connectivity index (χ4v) is 5.67. The molecule has 18 nitrogen and oxygen atoms in total. The summed E-state index contributed by atoms with van der Waals surface area (Å²) >= 11 is 0. The van der Waals surface area contributed by atoms with E-state index in [2.05, 4.69) is 0 Å². The zero-order valence-corrected chi connectivity index (χ0v) is 35.4. The lowest BCUT2D eigenvalue weighted by Crippen LogP contribution is -2.35. The Hall–Kier alpha value is -3.18. The van der Waals surface area contributed by atoms with E-state index in [-0.39, 0.29) is 19.6 Å². The molecule has 0 bridgehead atoms. The largest absolute Gasteiger partial charge is 0.481 e. The minimum absolute atomic E-state index is 0.0103. The molecule has 346 valence electrons. The molecule has 0 radical (unpaired) electrons. The second-order valence-corrected chi connectivity index (χ2v) is 13.2. The molecule has 0 spiro atoms. The van der Waals surface area contributed by atoms with E-state index in [4.69, 9.17) is 66.7 Å². The number of ether oxygens (including phenoxy) is 13. The topological polar surface area (TPSA) is 198 Å². The number of carboxylic acid groups (broad SMARTS) is 1. The number of esters is 1. The van der Waals surface area contributed by atoms with Crippen LogP contribution in [0.1, 0.15) is 35.4 Å². The lowest BCUT2D eigenvalue weighted by molar-refractivity contribution is -0.156. The number of nitrogens with zero attached hydrogens (tertiary/aromatic N) is 1. The molecule has 1 aliphatic heterocycles. The summed E-state index contributed by atoms with van der Waals surface area (Å²) < 4.78 is 71.3. The number of aliphatic hydroxyl groups is 1. The van der Waals surface area contributed by atoms with Crippen LogP contribution in [0.4, 0.5) is 0 Å². The van der Waals surface area contributed by atoms with E-state index in [9.17, 15) is 14.7 Å². The van der Waals surface area contributed by atoms with Gasteiger partial charge in [0.2, 0.25) is 0 Å². The fourth-order valence-electron chi connectivity index (χ4n) is 5.67. The average Bonchev–Trinajstić information content (AvgIpc) is 3.55. The Kier molecular flexibility index (Phi) is 31.1. The van der Waals surface area contributed by atoms with E-state index in [0.29, 0.717) is 164 Å². The molecule has 1 aliphatic rings. The van der Waals surface area contributed by atoms with Crippen molar-refractivity contribution in [3.63, 3.8) is 0 Å². The first-order valence-corrected chi connectivity index (χ1v) is 21.0. The van der Waals surface area contributed by atoms with Crippen LogP contribution in [0, 0.1) is 0 Å². The highest BCUT2D eigenvalue weighted by Gasteiger charge is 2.42. The summed E-state index contributed by atoms with van der Waals surface area (Å²) in [6.07, 6.45) is -0.936. The van der Waals surface area contributed by atoms with E-state index in [1.807, 2.05) is 54.6 Å². The van der Waals surface area contributed by atoms with Crippen LogP contribution in [-0.4, -0.2) is 192 Å². The quantitative estimate of drug-likeness (QED) is 0.0728. The minimum atomic E-state index is -0.926. The first-order chi connectivity index (χ1) is 30.1. The first-order valence-electron chi connectivity index (χ1n) is 21.0. The third-order valence-corrected chi connectivity index (χ3v) is 8.71. The van der Waals surface area contributed by atoms with Gasteiger partial charge in [0.05, 0.1) is 165 Å². The molecular formula is C43H67NO17. The van der Waals surface area contributed by atoms with Gasteiger partial charge in [0.25, 0.3) is 0 Å². The summed E-state index contributed by atoms with van der Waals surface area (Å²) in [7, 11) is 0. The highest BCUT2D eigenvalue weighted by molar-refractivity contribution is 5.79. The van der Waals surface area contributed by atoms with Crippen molar-refractivity contribution < 1.29 is 81.4 Å². The molecule has 2 atom stereocenters. The van der Waals surface area contributed by atoms with Crippen LogP contribution < -0.4 is 0 Å². The number of carbonyl (C=O) groups is 2. The van der Waals surface area contributed by atoms with Crippen LogP contribution in [-0.2, 0) is 77.8 Å². The summed E-state index contributed by atoms with van der Waals surface area (Å²) in [6, 6.07) is 16.2. The Morgan fingerprint density at radius 2 is 0.770 bits per heavy atom. The van der Waals surface area contributed by atoms with E-state index in [1.165, 1.54) is 0 Å². The predicted molar refractivity (Wildman–Crippen MR) is 219 cm³/mol. The van der Waals surface area contributed by atoms with Gasteiger partial charge in [0.15, 0.2) is 0 Å². The maximum Gasteiger partial charge on any atom is 0.328 e. The molecular weight excluding hydrogens is 802 g/mol. The van der Waals surface area contributed by atoms with Gasteiger partial charge in [-0.3, -0.25) is 9.69 Å². The van der Waals surface area contributed by atoms with Gasteiger partial charge in [-0.05, 0) is 11.1 Å². The van der Waals surface area contributed by atoms with Crippen LogP contribution in [0.2, 0.25) is 0 Å². The number of hydrogen-bond acceptors (Lipinski definition) is 17. The molecule has 0 fully saturated rings. The van der Waals surface area contributed by atoms with Gasteiger partial charge >= 0.3 is 11.9 Å². The van der Waals surface area contributed by atoms with Crippen molar-refractivity contribution in [2.45, 2.75) is 25.3 Å². The van der Waals surface area contributed by atoms with Crippen molar-refractivity contribution in [1.29, 1.82) is 0 Å². The molecule has 18 heteroatoms. The van der Waals surface area contributed by atoms with Crippen LogP contribution in [0.15, 0.2) is 54.6 Å². The van der Waals surface area contributed by atoms with Crippen molar-refractivity contribution >= 4 is 11.9 Å². The number of carbonyl (C=O) groups excluding carboxylic acids is 1. The zero-order valence-electron chi connectivity index (χ0n) is 35.4. The molecule has 2 unspecified atom stereocenters. The Morgan fingerprint density at radius 3 is 1.15 bits per heavy atom. The van der Waals surface area contributed by atoms with Gasteiger partial charge in [0.1, 0.15) is 18.9 Å². The number of benzene rings is 2. The molecule has 2 aromatic rings. The van der Waals surface area contributed by atoms with Gasteiger partial charge in [-0.1, -0.05) is 54.6 Å². The SMILES string of the molecule is O=C(O)CCOCCOCCOCCOCCOCCOCCOCCOCCOCCOCCOCCOCCN1C(O)c2ccccc2C1C(=O)OCc1ccccc1. The highest BCUT2D eigenvalue weighted by atomic mass is 16.6. The standard InChI is InChI=1S/C43H67NO17/c45-40(46)10-12-49-14-16-51-18-20-53-22-24-55-26-28-57-30-32-59-34-35-60-33-31-58-29-27-56-25-23-54-21-19-52-17-15-50-13-11-44-41(38-8-4-5-9-39(38)42(44)47)43(48)61-36-37-6-2-1-3-7-37/h1-9,41-42,47H,10-36H2,(H,45,46). The molecule has 61 heavy (non-hydrogen) atoms. The van der Waals surface area contributed by atoms with Crippen LogP contribution >= 0.6 is 0 Å². The zero-order chi connectivity index (χ0) is 43.3.